The van der Waals surface area contributed by atoms with Crippen LogP contribution in [0.15, 0.2) is 59.9 Å². The summed E-state index contributed by atoms with van der Waals surface area (Å²) in [4.78, 5) is 15.8. The molecule has 0 aliphatic heterocycles. The van der Waals surface area contributed by atoms with Gasteiger partial charge < -0.3 is 15.0 Å². The zero-order valence-corrected chi connectivity index (χ0v) is 18.7. The Morgan fingerprint density at radius 1 is 1.16 bits per heavy atom. The molecule has 7 nitrogen and oxygen atoms in total. The van der Waals surface area contributed by atoms with Crippen LogP contribution < -0.4 is 10.1 Å². The molecule has 2 N–H and O–H groups in total. The number of methoxy groups -OCH3 is 1. The average Bonchev–Trinajstić information content (AvgIpc) is 3.57. The van der Waals surface area contributed by atoms with Gasteiger partial charge >= 0.3 is 0 Å². The topological polar surface area (TPSA) is 84.8 Å². The van der Waals surface area contributed by atoms with Gasteiger partial charge in [0.1, 0.15) is 5.75 Å². The van der Waals surface area contributed by atoms with E-state index >= 15 is 0 Å². The van der Waals surface area contributed by atoms with Gasteiger partial charge in [0.05, 0.1) is 12.9 Å². The summed E-state index contributed by atoms with van der Waals surface area (Å²) >= 11 is 1.40. The molecule has 0 atom stereocenters. The molecule has 0 spiro atoms. The third kappa shape index (κ3) is 4.10. The van der Waals surface area contributed by atoms with E-state index in [9.17, 15) is 4.79 Å². The van der Waals surface area contributed by atoms with E-state index in [2.05, 4.69) is 26.6 Å². The molecule has 1 fully saturated rings. The van der Waals surface area contributed by atoms with Crippen LogP contribution in [-0.4, -0.2) is 44.6 Å². The zero-order chi connectivity index (χ0) is 21.9. The van der Waals surface area contributed by atoms with Crippen LogP contribution in [0.4, 0.5) is 0 Å². The molecule has 2 heterocycles. The van der Waals surface area contributed by atoms with E-state index in [1.807, 2.05) is 53.2 Å². The molecule has 1 aliphatic rings. The number of hydrogen-bond acceptors (Lipinski definition) is 5. The number of fused-ring (bicyclic) bond motifs is 1. The van der Waals surface area contributed by atoms with Gasteiger partial charge in [-0.3, -0.25) is 9.36 Å². The van der Waals surface area contributed by atoms with Crippen molar-refractivity contribution in [2.75, 3.05) is 12.9 Å². The second kappa shape index (κ2) is 9.08. The smallest absolute Gasteiger partial charge is 0.230 e. The van der Waals surface area contributed by atoms with Crippen LogP contribution >= 0.6 is 11.8 Å². The molecule has 0 radical (unpaired) electrons. The van der Waals surface area contributed by atoms with Crippen molar-refractivity contribution in [3.05, 3.63) is 54.7 Å². The van der Waals surface area contributed by atoms with E-state index in [0.717, 1.165) is 46.6 Å². The predicted molar refractivity (Wildman–Crippen MR) is 126 cm³/mol. The average molecular weight is 448 g/mol. The molecule has 4 aromatic rings. The standard InChI is InChI=1S/C24H25N5O2S/c1-31-18-12-10-17(11-13-18)29-23(20-14-25-21-9-5-4-8-19(20)21)27-28-24(29)32-15-22(30)26-16-6-2-3-7-16/h4-5,8-14,16,25H,2-3,6-7,15H2,1H3,(H,26,30). The number of amides is 1. The van der Waals surface area contributed by atoms with Gasteiger partial charge in [0.2, 0.25) is 5.91 Å². The summed E-state index contributed by atoms with van der Waals surface area (Å²) in [6.07, 6.45) is 6.48. The fourth-order valence-electron chi connectivity index (χ4n) is 4.23. The van der Waals surface area contributed by atoms with Crippen LogP contribution in [-0.2, 0) is 4.79 Å². The quantitative estimate of drug-likeness (QED) is 0.405. The third-order valence-electron chi connectivity index (χ3n) is 5.85. The van der Waals surface area contributed by atoms with Crippen LogP contribution in [0, 0.1) is 0 Å². The monoisotopic (exact) mass is 447 g/mol. The van der Waals surface area contributed by atoms with E-state index in [1.54, 1.807) is 7.11 Å². The van der Waals surface area contributed by atoms with Crippen molar-refractivity contribution in [3.8, 4) is 22.8 Å². The van der Waals surface area contributed by atoms with Gasteiger partial charge in [-0.15, -0.1) is 10.2 Å². The van der Waals surface area contributed by atoms with Crippen LogP contribution in [0.3, 0.4) is 0 Å². The van der Waals surface area contributed by atoms with Crippen molar-refractivity contribution in [1.82, 2.24) is 25.1 Å². The molecule has 2 aromatic heterocycles. The molecule has 2 aromatic carbocycles. The zero-order valence-electron chi connectivity index (χ0n) is 17.9. The Labute approximate surface area is 190 Å². The number of ether oxygens (including phenoxy) is 1. The highest BCUT2D eigenvalue weighted by Gasteiger charge is 2.21. The minimum atomic E-state index is 0.0415. The van der Waals surface area contributed by atoms with Crippen molar-refractivity contribution in [3.63, 3.8) is 0 Å². The van der Waals surface area contributed by atoms with Crippen LogP contribution in [0.5, 0.6) is 5.75 Å². The number of aromatic amines is 1. The predicted octanol–water partition coefficient (Wildman–Crippen LogP) is 4.58. The summed E-state index contributed by atoms with van der Waals surface area (Å²) in [5.41, 5.74) is 2.91. The van der Waals surface area contributed by atoms with Gasteiger partial charge in [0.15, 0.2) is 11.0 Å². The number of rotatable bonds is 7. The molecule has 0 unspecified atom stereocenters. The summed E-state index contributed by atoms with van der Waals surface area (Å²) < 4.78 is 7.32. The van der Waals surface area contributed by atoms with E-state index in [0.29, 0.717) is 17.0 Å². The molecular formula is C24H25N5O2S. The summed E-state index contributed by atoms with van der Waals surface area (Å²) in [5.74, 6) is 1.85. The summed E-state index contributed by atoms with van der Waals surface area (Å²) in [6, 6.07) is 16.2. The fourth-order valence-corrected chi connectivity index (χ4v) is 4.99. The Balaban J connectivity index is 1.48. The summed E-state index contributed by atoms with van der Waals surface area (Å²) in [7, 11) is 1.65. The molecule has 0 saturated heterocycles. The van der Waals surface area contributed by atoms with Crippen LogP contribution in [0.1, 0.15) is 25.7 Å². The minimum absolute atomic E-state index is 0.0415. The second-order valence-electron chi connectivity index (χ2n) is 7.93. The Morgan fingerprint density at radius 2 is 1.94 bits per heavy atom. The number of carbonyl (C=O) groups excluding carboxylic acids is 1. The maximum atomic E-state index is 12.5. The van der Waals surface area contributed by atoms with Gasteiger partial charge in [0.25, 0.3) is 0 Å². The van der Waals surface area contributed by atoms with Gasteiger partial charge in [0, 0.05) is 34.4 Å². The lowest BCUT2D eigenvalue weighted by atomic mass is 10.1. The molecule has 164 valence electrons. The first-order valence-corrected chi connectivity index (χ1v) is 11.8. The van der Waals surface area contributed by atoms with Gasteiger partial charge in [-0.1, -0.05) is 42.8 Å². The minimum Gasteiger partial charge on any atom is -0.497 e. The molecule has 1 amide bonds. The fraction of sp³-hybridized carbons (Fsp3) is 0.292. The molecule has 5 rings (SSSR count). The number of carbonyl (C=O) groups is 1. The second-order valence-corrected chi connectivity index (χ2v) is 8.87. The summed E-state index contributed by atoms with van der Waals surface area (Å²) in [5, 5.41) is 13.9. The Kier molecular flexibility index (Phi) is 5.85. The van der Waals surface area contributed by atoms with Gasteiger partial charge in [-0.25, -0.2) is 0 Å². The lowest BCUT2D eigenvalue weighted by Crippen LogP contribution is -2.33. The Hall–Kier alpha value is -3.26. The molecular weight excluding hydrogens is 422 g/mol. The van der Waals surface area contributed by atoms with E-state index in [1.165, 1.54) is 24.6 Å². The van der Waals surface area contributed by atoms with Gasteiger partial charge in [-0.05, 0) is 43.2 Å². The molecule has 32 heavy (non-hydrogen) atoms. The van der Waals surface area contributed by atoms with E-state index < -0.39 is 0 Å². The number of benzene rings is 2. The largest absolute Gasteiger partial charge is 0.497 e. The number of H-pyrrole nitrogens is 1. The van der Waals surface area contributed by atoms with Crippen molar-refractivity contribution in [1.29, 1.82) is 0 Å². The van der Waals surface area contributed by atoms with Crippen molar-refractivity contribution in [2.45, 2.75) is 36.9 Å². The Morgan fingerprint density at radius 3 is 2.72 bits per heavy atom. The number of nitrogens with zero attached hydrogens (tertiary/aromatic N) is 3. The number of para-hydroxylation sites is 1. The Bertz CT molecular complexity index is 1220. The first kappa shape index (κ1) is 20.6. The van der Waals surface area contributed by atoms with E-state index in [4.69, 9.17) is 4.74 Å². The van der Waals surface area contributed by atoms with Crippen LogP contribution in [0.25, 0.3) is 28.0 Å². The number of nitrogens with one attached hydrogen (secondary N) is 2. The highest BCUT2D eigenvalue weighted by atomic mass is 32.2. The van der Waals surface area contributed by atoms with Gasteiger partial charge in [-0.2, -0.15) is 0 Å². The first-order chi connectivity index (χ1) is 15.7. The normalized spacial score (nSPS) is 14.2. The summed E-state index contributed by atoms with van der Waals surface area (Å²) in [6.45, 7) is 0. The first-order valence-electron chi connectivity index (χ1n) is 10.8. The highest BCUT2D eigenvalue weighted by molar-refractivity contribution is 7.99. The molecule has 1 aliphatic carbocycles. The van der Waals surface area contributed by atoms with Crippen molar-refractivity contribution in [2.24, 2.45) is 0 Å². The lowest BCUT2D eigenvalue weighted by Gasteiger charge is -2.13. The van der Waals surface area contributed by atoms with Crippen LogP contribution in [0.2, 0.25) is 0 Å². The van der Waals surface area contributed by atoms with Crippen molar-refractivity contribution < 1.29 is 9.53 Å². The van der Waals surface area contributed by atoms with E-state index in [-0.39, 0.29) is 5.91 Å². The molecule has 8 heteroatoms. The highest BCUT2D eigenvalue weighted by Crippen LogP contribution is 2.33. The molecule has 1 saturated carbocycles. The number of aromatic nitrogens is 4. The SMILES string of the molecule is COc1ccc(-n2c(SCC(=O)NC3CCCC3)nnc2-c2c[nH]c3ccccc23)cc1. The number of thioether (sulfide) groups is 1. The maximum Gasteiger partial charge on any atom is 0.230 e. The van der Waals surface area contributed by atoms with Crippen molar-refractivity contribution >= 4 is 28.6 Å². The third-order valence-corrected chi connectivity index (χ3v) is 6.78. The lowest BCUT2D eigenvalue weighted by molar-refractivity contribution is -0.119. The maximum absolute atomic E-state index is 12.5. The molecule has 0 bridgehead atoms. The number of hydrogen-bond donors (Lipinski definition) is 2.